The van der Waals surface area contributed by atoms with Crippen LogP contribution in [0.3, 0.4) is 0 Å². The lowest BCUT2D eigenvalue weighted by atomic mass is 9.67. The van der Waals surface area contributed by atoms with Crippen molar-refractivity contribution in [1.29, 1.82) is 0 Å². The molecule has 2 aromatic rings. The highest BCUT2D eigenvalue weighted by molar-refractivity contribution is 14.0. The molecule has 1 aliphatic carbocycles. The van der Waals surface area contributed by atoms with Crippen LogP contribution in [0.25, 0.3) is 5.69 Å². The fraction of sp³-hybridized carbons (Fsp3) is 0.524. The van der Waals surface area contributed by atoms with Gasteiger partial charge in [-0.3, -0.25) is 0 Å². The molecule has 0 aliphatic heterocycles. The van der Waals surface area contributed by atoms with Crippen molar-refractivity contribution in [2.45, 2.75) is 39.2 Å². The molecule has 6 nitrogen and oxygen atoms in total. The molecule has 1 heterocycles. The number of nitrogens with zero attached hydrogens (tertiary/aromatic N) is 3. The van der Waals surface area contributed by atoms with Crippen LogP contribution in [0.2, 0.25) is 0 Å². The maximum atomic E-state index is 5.29. The Morgan fingerprint density at radius 3 is 2.61 bits per heavy atom. The van der Waals surface area contributed by atoms with E-state index in [0.717, 1.165) is 37.8 Å². The molecule has 28 heavy (non-hydrogen) atoms. The zero-order chi connectivity index (χ0) is 19.0. The Kier molecular flexibility index (Phi) is 9.24. The number of ether oxygens (including phenoxy) is 1. The largest absolute Gasteiger partial charge is 0.385 e. The highest BCUT2D eigenvalue weighted by atomic mass is 127. The fourth-order valence-corrected chi connectivity index (χ4v) is 3.47. The quantitative estimate of drug-likeness (QED) is 0.315. The summed E-state index contributed by atoms with van der Waals surface area (Å²) >= 11 is 0. The van der Waals surface area contributed by atoms with Crippen molar-refractivity contribution < 1.29 is 4.74 Å². The van der Waals surface area contributed by atoms with Gasteiger partial charge in [0.2, 0.25) is 0 Å². The zero-order valence-electron chi connectivity index (χ0n) is 16.9. The van der Waals surface area contributed by atoms with Crippen molar-refractivity contribution in [2.24, 2.45) is 10.4 Å². The van der Waals surface area contributed by atoms with Gasteiger partial charge >= 0.3 is 0 Å². The third-order valence-corrected chi connectivity index (χ3v) is 5.35. The van der Waals surface area contributed by atoms with Crippen LogP contribution in [-0.4, -0.2) is 42.5 Å². The van der Waals surface area contributed by atoms with Crippen molar-refractivity contribution >= 4 is 29.9 Å². The molecule has 0 amide bonds. The van der Waals surface area contributed by atoms with Gasteiger partial charge in [-0.1, -0.05) is 18.6 Å². The normalized spacial score (nSPS) is 15.4. The third kappa shape index (κ3) is 6.20. The number of methoxy groups -OCH3 is 1. The van der Waals surface area contributed by atoms with Crippen LogP contribution < -0.4 is 10.6 Å². The van der Waals surface area contributed by atoms with Crippen molar-refractivity contribution in [1.82, 2.24) is 20.4 Å². The first-order valence-electron chi connectivity index (χ1n) is 9.85. The van der Waals surface area contributed by atoms with Gasteiger partial charge in [-0.15, -0.1) is 24.0 Å². The zero-order valence-corrected chi connectivity index (χ0v) is 19.2. The number of hydrogen-bond acceptors (Lipinski definition) is 3. The molecule has 0 unspecified atom stereocenters. The molecule has 0 bridgehead atoms. The number of benzene rings is 1. The van der Waals surface area contributed by atoms with Crippen LogP contribution in [0.1, 0.15) is 38.2 Å². The Bertz CT molecular complexity index is 711. The van der Waals surface area contributed by atoms with Gasteiger partial charge in [-0.2, -0.15) is 5.10 Å². The molecule has 0 atom stereocenters. The molecule has 1 aromatic heterocycles. The van der Waals surface area contributed by atoms with Crippen LogP contribution >= 0.6 is 24.0 Å². The number of hydrogen-bond donors (Lipinski definition) is 2. The molecular formula is C21H32IN5O. The number of halogens is 1. The van der Waals surface area contributed by atoms with E-state index >= 15 is 0 Å². The van der Waals surface area contributed by atoms with Gasteiger partial charge < -0.3 is 15.4 Å². The Balaban J connectivity index is 0.00000280. The average Bonchev–Trinajstić information content (AvgIpc) is 3.20. The lowest BCUT2D eigenvalue weighted by Crippen LogP contribution is -2.46. The monoisotopic (exact) mass is 497 g/mol. The summed E-state index contributed by atoms with van der Waals surface area (Å²) in [5.74, 6) is 0.886. The van der Waals surface area contributed by atoms with Crippen LogP contribution in [0, 0.1) is 5.41 Å². The molecule has 154 valence electrons. The first-order valence-corrected chi connectivity index (χ1v) is 9.85. The minimum Gasteiger partial charge on any atom is -0.385 e. The summed E-state index contributed by atoms with van der Waals surface area (Å²) < 4.78 is 7.15. The molecular weight excluding hydrogens is 465 g/mol. The summed E-state index contributed by atoms with van der Waals surface area (Å²) in [5.41, 5.74) is 2.61. The average molecular weight is 497 g/mol. The van der Waals surface area contributed by atoms with Crippen LogP contribution in [-0.2, 0) is 11.3 Å². The van der Waals surface area contributed by atoms with Crippen LogP contribution in [0.5, 0.6) is 0 Å². The minimum absolute atomic E-state index is 0. The van der Waals surface area contributed by atoms with Gasteiger partial charge in [0.05, 0.1) is 12.2 Å². The molecule has 7 heteroatoms. The number of rotatable bonds is 9. The van der Waals surface area contributed by atoms with Gasteiger partial charge in [0.1, 0.15) is 0 Å². The van der Waals surface area contributed by atoms with Gasteiger partial charge in [0.25, 0.3) is 0 Å². The van der Waals surface area contributed by atoms with Crippen molar-refractivity contribution in [2.75, 3.05) is 26.8 Å². The van der Waals surface area contributed by atoms with E-state index in [1.807, 2.05) is 16.9 Å². The van der Waals surface area contributed by atoms with E-state index < -0.39 is 0 Å². The van der Waals surface area contributed by atoms with Gasteiger partial charge in [0, 0.05) is 39.2 Å². The van der Waals surface area contributed by atoms with E-state index in [9.17, 15) is 0 Å². The van der Waals surface area contributed by atoms with E-state index in [1.165, 1.54) is 24.8 Å². The number of guanidine groups is 1. The second-order valence-corrected chi connectivity index (χ2v) is 7.26. The molecule has 0 radical (unpaired) electrons. The summed E-state index contributed by atoms with van der Waals surface area (Å²) in [4.78, 5) is 4.76. The van der Waals surface area contributed by atoms with Gasteiger partial charge in [-0.05, 0) is 55.4 Å². The lowest BCUT2D eigenvalue weighted by molar-refractivity contribution is 0.0732. The van der Waals surface area contributed by atoms with Crippen molar-refractivity contribution in [3.05, 3.63) is 48.3 Å². The molecule has 0 saturated heterocycles. The van der Waals surface area contributed by atoms with Crippen LogP contribution in [0.4, 0.5) is 0 Å². The predicted octanol–water partition coefficient (Wildman–Crippen LogP) is 3.75. The highest BCUT2D eigenvalue weighted by Gasteiger charge is 2.36. The lowest BCUT2D eigenvalue weighted by Gasteiger charge is -2.42. The predicted molar refractivity (Wildman–Crippen MR) is 125 cm³/mol. The Morgan fingerprint density at radius 1 is 1.25 bits per heavy atom. The number of nitrogens with one attached hydrogen (secondary N) is 2. The molecule has 2 N–H and O–H groups in total. The summed E-state index contributed by atoms with van der Waals surface area (Å²) in [6, 6.07) is 10.3. The smallest absolute Gasteiger partial charge is 0.191 e. The summed E-state index contributed by atoms with van der Waals surface area (Å²) in [7, 11) is 1.78. The molecule has 0 spiro atoms. The maximum absolute atomic E-state index is 5.29. The van der Waals surface area contributed by atoms with Gasteiger partial charge in [0.15, 0.2) is 5.96 Å². The third-order valence-electron chi connectivity index (χ3n) is 5.35. The van der Waals surface area contributed by atoms with Gasteiger partial charge in [-0.25, -0.2) is 9.67 Å². The maximum Gasteiger partial charge on any atom is 0.191 e. The van der Waals surface area contributed by atoms with Crippen molar-refractivity contribution in [3.63, 3.8) is 0 Å². The SMILES string of the molecule is CCNC(=NCc1ccc(-n2cccn2)cc1)NCC1(CCOC)CCC1.I. The van der Waals surface area contributed by atoms with E-state index in [1.54, 1.807) is 13.3 Å². The fourth-order valence-electron chi connectivity index (χ4n) is 3.47. The first kappa shape index (κ1) is 22.7. The summed E-state index contributed by atoms with van der Waals surface area (Å²) in [6.07, 6.45) is 8.72. The number of aliphatic imine (C=N–C) groups is 1. The standard InChI is InChI=1S/C21H31N5O.HI/c1-3-22-20(24-17-21(10-4-11-21)12-15-27-2)23-16-18-6-8-19(9-7-18)26-14-5-13-25-26;/h5-9,13-14H,3-4,10-12,15-17H2,1-2H3,(H2,22,23,24);1H. The van der Waals surface area contributed by atoms with Crippen molar-refractivity contribution in [3.8, 4) is 5.69 Å². The van der Waals surface area contributed by atoms with E-state index in [2.05, 4.69) is 46.9 Å². The second kappa shape index (κ2) is 11.4. The molecule has 1 aliphatic rings. The minimum atomic E-state index is 0. The van der Waals surface area contributed by atoms with E-state index in [-0.39, 0.29) is 24.0 Å². The summed E-state index contributed by atoms with van der Waals surface area (Å²) in [5, 5.41) is 11.2. The molecule has 1 aromatic carbocycles. The Hall–Kier alpha value is -1.61. The topological polar surface area (TPSA) is 63.5 Å². The molecule has 1 saturated carbocycles. The van der Waals surface area contributed by atoms with E-state index in [0.29, 0.717) is 12.0 Å². The molecule has 3 rings (SSSR count). The Labute approximate surface area is 185 Å². The number of aromatic nitrogens is 2. The summed E-state index contributed by atoms with van der Waals surface area (Å²) in [6.45, 7) is 5.40. The Morgan fingerprint density at radius 2 is 2.04 bits per heavy atom. The molecule has 1 fully saturated rings. The second-order valence-electron chi connectivity index (χ2n) is 7.26. The highest BCUT2D eigenvalue weighted by Crippen LogP contribution is 2.43. The first-order chi connectivity index (χ1) is 13.2. The van der Waals surface area contributed by atoms with Crippen LogP contribution in [0.15, 0.2) is 47.7 Å². The van der Waals surface area contributed by atoms with E-state index in [4.69, 9.17) is 9.73 Å².